The highest BCUT2D eigenvalue weighted by Crippen LogP contribution is 2.89. The van der Waals surface area contributed by atoms with E-state index in [0.717, 1.165) is 32.1 Å². The Morgan fingerprint density at radius 1 is 0.567 bits per heavy atom. The van der Waals surface area contributed by atoms with Gasteiger partial charge in [-0.25, -0.2) is 0 Å². The predicted molar refractivity (Wildman–Crippen MR) is 233 cm³/mol. The first-order valence-electron chi connectivity index (χ1n) is 25.0. The standard InChI is InChI=1S/C48H82O19/c1-20(2)22(52)9-8-21(3)31-23(53)14-45(6)28-11-10-27-44(4,5)30(12-13-47(27)19-48(28,47)15-29(54)46(31,45)7)65-43-40(36(59)33(56)25(17-50)64-43)67-42-38(61)39(34(57)26(18-51)63-42)66-41-37(60)35(58)32(55)24(16-49)62-41/h20-43,49-61H,8-19H2,1-7H3/t21-,22+,23+,24-,25-,26-,27+,28+,29+,30+,31+,32-,33-,34-,35+,36+,37-,38-,39+,40-,41+,42+,43+,45+,46-,47-,48+/m1/s1. The van der Waals surface area contributed by atoms with Crippen LogP contribution >= 0.6 is 0 Å². The fourth-order valence-electron chi connectivity index (χ4n) is 16.0. The molecule has 13 N–H and O–H groups in total. The van der Waals surface area contributed by atoms with Gasteiger partial charge in [0.05, 0.1) is 44.2 Å². The number of aliphatic hydroxyl groups is 13. The second-order valence-corrected chi connectivity index (χ2v) is 23.6. The van der Waals surface area contributed by atoms with Crippen LogP contribution in [-0.4, -0.2) is 203 Å². The summed E-state index contributed by atoms with van der Waals surface area (Å²) in [5, 5.41) is 142. The van der Waals surface area contributed by atoms with Gasteiger partial charge < -0.3 is 94.8 Å². The second-order valence-electron chi connectivity index (χ2n) is 23.6. The average molecular weight is 963 g/mol. The van der Waals surface area contributed by atoms with E-state index in [4.69, 9.17) is 28.4 Å². The van der Waals surface area contributed by atoms with Crippen molar-refractivity contribution >= 4 is 0 Å². The van der Waals surface area contributed by atoms with Crippen LogP contribution in [0.3, 0.4) is 0 Å². The summed E-state index contributed by atoms with van der Waals surface area (Å²) in [5.41, 5.74) is -1.58. The lowest BCUT2D eigenvalue weighted by Crippen LogP contribution is -2.67. The van der Waals surface area contributed by atoms with Crippen molar-refractivity contribution in [1.82, 2.24) is 0 Å². The van der Waals surface area contributed by atoms with E-state index < -0.39 is 147 Å². The molecule has 8 rings (SSSR count). The average Bonchev–Trinajstić information content (AvgIpc) is 3.88. The lowest BCUT2D eigenvalue weighted by molar-refractivity contribution is -0.391. The van der Waals surface area contributed by atoms with Crippen LogP contribution in [0.1, 0.15) is 106 Å². The highest BCUT2D eigenvalue weighted by molar-refractivity contribution is 5.32. The first-order valence-corrected chi connectivity index (χ1v) is 25.0. The second kappa shape index (κ2) is 18.9. The van der Waals surface area contributed by atoms with Crippen LogP contribution in [0.2, 0.25) is 0 Å². The molecule has 0 aromatic heterocycles. The molecule has 67 heavy (non-hydrogen) atoms. The summed E-state index contributed by atoms with van der Waals surface area (Å²) in [5.74, 6) is 0.570. The Morgan fingerprint density at radius 3 is 1.73 bits per heavy atom. The first-order chi connectivity index (χ1) is 31.4. The summed E-state index contributed by atoms with van der Waals surface area (Å²) in [6.07, 6.45) is -20.5. The van der Waals surface area contributed by atoms with E-state index >= 15 is 0 Å². The molecule has 0 bridgehead atoms. The molecule has 0 unspecified atom stereocenters. The summed E-state index contributed by atoms with van der Waals surface area (Å²) in [6, 6.07) is 0. The van der Waals surface area contributed by atoms with Crippen LogP contribution in [0.4, 0.5) is 0 Å². The molecule has 3 aliphatic heterocycles. The maximum atomic E-state index is 12.5. The van der Waals surface area contributed by atoms with Crippen molar-refractivity contribution in [2.45, 2.75) is 223 Å². The molecule has 5 saturated carbocycles. The van der Waals surface area contributed by atoms with Gasteiger partial charge in [-0.1, -0.05) is 48.5 Å². The van der Waals surface area contributed by atoms with Gasteiger partial charge in [-0.3, -0.25) is 0 Å². The van der Waals surface area contributed by atoms with Gasteiger partial charge in [0.1, 0.15) is 73.2 Å². The summed E-state index contributed by atoms with van der Waals surface area (Å²) in [4.78, 5) is 0. The van der Waals surface area contributed by atoms with Crippen molar-refractivity contribution in [2.75, 3.05) is 19.8 Å². The van der Waals surface area contributed by atoms with E-state index in [9.17, 15) is 66.4 Å². The molecule has 0 amide bonds. The number of fused-ring (bicyclic) bond motifs is 2. The minimum atomic E-state index is -1.94. The summed E-state index contributed by atoms with van der Waals surface area (Å²) >= 11 is 0. The molecule has 3 saturated heterocycles. The Labute approximate surface area is 393 Å². The van der Waals surface area contributed by atoms with E-state index in [1.807, 2.05) is 13.8 Å². The Bertz CT molecular complexity index is 1710. The largest absolute Gasteiger partial charge is 0.394 e. The maximum absolute atomic E-state index is 12.5. The van der Waals surface area contributed by atoms with Crippen molar-refractivity contribution in [3.05, 3.63) is 0 Å². The summed E-state index contributed by atoms with van der Waals surface area (Å²) in [6.45, 7) is 12.7. The molecule has 19 nitrogen and oxygen atoms in total. The van der Waals surface area contributed by atoms with Gasteiger partial charge in [0, 0.05) is 5.41 Å². The molecule has 3 heterocycles. The maximum Gasteiger partial charge on any atom is 0.187 e. The quantitative estimate of drug-likeness (QED) is 0.0894. The topological polar surface area (TPSA) is 318 Å². The smallest absolute Gasteiger partial charge is 0.187 e. The molecular formula is C48H82O19. The molecule has 5 aliphatic carbocycles. The molecule has 0 radical (unpaired) electrons. The van der Waals surface area contributed by atoms with Crippen molar-refractivity contribution in [2.24, 2.45) is 56.7 Å². The fraction of sp³-hybridized carbons (Fsp3) is 1.00. The normalized spacial score (nSPS) is 54.7. The highest BCUT2D eigenvalue weighted by atomic mass is 16.8. The summed E-state index contributed by atoms with van der Waals surface area (Å²) < 4.78 is 36.1. The first kappa shape index (κ1) is 52.6. The van der Waals surface area contributed by atoms with Crippen molar-refractivity contribution in [1.29, 1.82) is 0 Å². The van der Waals surface area contributed by atoms with Crippen molar-refractivity contribution in [3.63, 3.8) is 0 Å². The number of rotatable bonds is 14. The van der Waals surface area contributed by atoms with Gasteiger partial charge >= 0.3 is 0 Å². The molecule has 388 valence electrons. The van der Waals surface area contributed by atoms with Gasteiger partial charge in [-0.15, -0.1) is 0 Å². The third-order valence-corrected chi connectivity index (χ3v) is 19.8. The van der Waals surface area contributed by atoms with Gasteiger partial charge in [-0.2, -0.15) is 0 Å². The molecule has 27 atom stereocenters. The minimum absolute atomic E-state index is 0.0938. The Balaban J connectivity index is 1.00. The molecular weight excluding hydrogens is 881 g/mol. The zero-order chi connectivity index (χ0) is 49.1. The monoisotopic (exact) mass is 963 g/mol. The van der Waals surface area contributed by atoms with Crippen molar-refractivity contribution < 1.29 is 94.8 Å². The number of aliphatic hydroxyl groups excluding tert-OH is 13. The van der Waals surface area contributed by atoms with Crippen LogP contribution in [0, 0.1) is 56.7 Å². The lowest BCUT2D eigenvalue weighted by atomic mass is 9.41. The van der Waals surface area contributed by atoms with Gasteiger partial charge in [0.2, 0.25) is 0 Å². The van der Waals surface area contributed by atoms with Crippen LogP contribution < -0.4 is 0 Å². The number of ether oxygens (including phenoxy) is 6. The molecule has 0 aromatic rings. The molecule has 8 fully saturated rings. The van der Waals surface area contributed by atoms with Gasteiger partial charge in [0.15, 0.2) is 18.9 Å². The van der Waals surface area contributed by atoms with E-state index in [0.29, 0.717) is 25.7 Å². The zero-order valence-corrected chi connectivity index (χ0v) is 40.1. The van der Waals surface area contributed by atoms with Crippen LogP contribution in [0.25, 0.3) is 0 Å². The summed E-state index contributed by atoms with van der Waals surface area (Å²) in [7, 11) is 0. The van der Waals surface area contributed by atoms with E-state index in [-0.39, 0.29) is 45.8 Å². The molecule has 0 aromatic carbocycles. The fourth-order valence-corrected chi connectivity index (χ4v) is 16.0. The SMILES string of the molecule is CC(C)[C@@H](O)CC[C@@H](C)[C@H]1[C@@H](O)C[C@@]2(C)[C@@H]3CC[C@H]4C(C)(C)[C@@H](O[C@@H]5O[C@H](CO)[C@@H](O)[C@H](O)[C@H]5O[C@@H]5O[C@H](CO)[C@@H](O)[C@H](O[C@@H]6O[C@H](CO)[C@@H](O)[C@H](O)[C@H]6O)[C@H]5O)CC[C@@]45C[C@@]35C[C@H](O)[C@]12C. The Morgan fingerprint density at radius 2 is 1.12 bits per heavy atom. The van der Waals surface area contributed by atoms with Gasteiger partial charge in [0.25, 0.3) is 0 Å². The molecule has 8 aliphatic rings. The third-order valence-electron chi connectivity index (χ3n) is 19.8. The third kappa shape index (κ3) is 8.12. The molecule has 2 spiro atoms. The zero-order valence-electron chi connectivity index (χ0n) is 40.1. The number of hydrogen-bond donors (Lipinski definition) is 13. The van der Waals surface area contributed by atoms with Crippen LogP contribution in [-0.2, 0) is 28.4 Å². The van der Waals surface area contributed by atoms with Crippen LogP contribution in [0.5, 0.6) is 0 Å². The van der Waals surface area contributed by atoms with E-state index in [1.165, 1.54) is 0 Å². The Kier molecular flexibility index (Phi) is 14.9. The predicted octanol–water partition coefficient (Wildman–Crippen LogP) is -1.37. The van der Waals surface area contributed by atoms with Crippen molar-refractivity contribution in [3.8, 4) is 0 Å². The highest BCUT2D eigenvalue weighted by Gasteiger charge is 2.84. The number of hydrogen-bond acceptors (Lipinski definition) is 19. The lowest BCUT2D eigenvalue weighted by Gasteiger charge is -2.64. The van der Waals surface area contributed by atoms with E-state index in [1.54, 1.807) is 0 Å². The van der Waals surface area contributed by atoms with Gasteiger partial charge in [-0.05, 0) is 109 Å². The van der Waals surface area contributed by atoms with Crippen LogP contribution in [0.15, 0.2) is 0 Å². The Hall–Kier alpha value is -0.760. The van der Waals surface area contributed by atoms with E-state index in [2.05, 4.69) is 34.6 Å². The minimum Gasteiger partial charge on any atom is -0.394 e. The molecule has 19 heteroatoms.